The van der Waals surface area contributed by atoms with Gasteiger partial charge in [-0.25, -0.2) is 0 Å². The van der Waals surface area contributed by atoms with Crippen molar-refractivity contribution in [3.8, 4) is 0 Å². The molecule has 1 aromatic heterocycles. The normalized spacial score (nSPS) is 13.6. The van der Waals surface area contributed by atoms with Crippen molar-refractivity contribution in [3.05, 3.63) is 16.4 Å². The third-order valence-corrected chi connectivity index (χ3v) is 3.53. The van der Waals surface area contributed by atoms with Gasteiger partial charge in [0.05, 0.1) is 22.4 Å². The Bertz CT molecular complexity index is 360. The minimum atomic E-state index is 0.344. The van der Waals surface area contributed by atoms with E-state index in [0.29, 0.717) is 12.1 Å². The number of nitrogens with zero attached hydrogens (tertiary/aromatic N) is 3. The van der Waals surface area contributed by atoms with Crippen molar-refractivity contribution in [2.24, 2.45) is 0 Å². The number of rotatable bonds is 7. The average Bonchev–Trinajstić information content (AvgIpc) is 2.66. The second-order valence-electron chi connectivity index (χ2n) is 5.12. The van der Waals surface area contributed by atoms with Crippen LogP contribution in [0.4, 0.5) is 0 Å². The van der Waals surface area contributed by atoms with Crippen molar-refractivity contribution in [2.75, 3.05) is 27.2 Å². The number of hydrogen-bond acceptors (Lipinski definition) is 3. The number of aromatic nitrogens is 2. The van der Waals surface area contributed by atoms with Crippen molar-refractivity contribution < 1.29 is 0 Å². The Hall–Kier alpha value is -0.390. The van der Waals surface area contributed by atoms with Gasteiger partial charge in [0.25, 0.3) is 0 Å². The highest BCUT2D eigenvalue weighted by atomic mass is 79.9. The molecule has 1 unspecified atom stereocenters. The predicted octanol–water partition coefficient (Wildman–Crippen LogP) is 2.83. The van der Waals surface area contributed by atoms with Crippen LogP contribution in [0.1, 0.15) is 45.0 Å². The van der Waals surface area contributed by atoms with Gasteiger partial charge < -0.3 is 10.2 Å². The summed E-state index contributed by atoms with van der Waals surface area (Å²) < 4.78 is 3.20. The van der Waals surface area contributed by atoms with E-state index in [1.54, 1.807) is 0 Å². The molecule has 0 spiro atoms. The lowest BCUT2D eigenvalue weighted by Gasteiger charge is -2.23. The molecule has 104 valence electrons. The lowest BCUT2D eigenvalue weighted by atomic mass is 10.1. The minimum Gasteiger partial charge on any atom is -0.309 e. The third kappa shape index (κ3) is 4.07. The first-order chi connectivity index (χ1) is 8.47. The highest BCUT2D eigenvalue weighted by molar-refractivity contribution is 9.10. The van der Waals surface area contributed by atoms with Gasteiger partial charge in [0.15, 0.2) is 0 Å². The monoisotopic (exact) mass is 316 g/mol. The minimum absolute atomic E-state index is 0.344. The smallest absolute Gasteiger partial charge is 0.0699 e. The maximum Gasteiger partial charge on any atom is 0.0699 e. The SMILES string of the molecule is CCNC(CCN(C)C)c1c(Br)cnn1C(C)C. The maximum atomic E-state index is 4.46. The second-order valence-corrected chi connectivity index (χ2v) is 5.97. The van der Waals surface area contributed by atoms with E-state index >= 15 is 0 Å². The van der Waals surface area contributed by atoms with E-state index in [1.807, 2.05) is 6.20 Å². The van der Waals surface area contributed by atoms with Crippen LogP contribution in [0.5, 0.6) is 0 Å². The van der Waals surface area contributed by atoms with E-state index in [2.05, 4.69) is 70.8 Å². The van der Waals surface area contributed by atoms with Gasteiger partial charge >= 0.3 is 0 Å². The Morgan fingerprint density at radius 3 is 2.61 bits per heavy atom. The third-order valence-electron chi connectivity index (χ3n) is 2.92. The Kier molecular flexibility index (Phi) is 6.32. The topological polar surface area (TPSA) is 33.1 Å². The van der Waals surface area contributed by atoms with Gasteiger partial charge in [0.1, 0.15) is 0 Å². The Morgan fingerprint density at radius 2 is 2.11 bits per heavy atom. The molecule has 1 aromatic rings. The van der Waals surface area contributed by atoms with Crippen molar-refractivity contribution in [2.45, 2.75) is 39.3 Å². The van der Waals surface area contributed by atoms with Crippen molar-refractivity contribution in [1.82, 2.24) is 20.0 Å². The van der Waals surface area contributed by atoms with Gasteiger partial charge in [-0.1, -0.05) is 6.92 Å². The van der Waals surface area contributed by atoms with E-state index in [4.69, 9.17) is 0 Å². The van der Waals surface area contributed by atoms with Gasteiger partial charge in [-0.15, -0.1) is 0 Å². The Labute approximate surface area is 119 Å². The molecule has 0 saturated carbocycles. The van der Waals surface area contributed by atoms with Gasteiger partial charge in [0.2, 0.25) is 0 Å². The molecule has 1 heterocycles. The van der Waals surface area contributed by atoms with Crippen LogP contribution < -0.4 is 5.32 Å². The van der Waals surface area contributed by atoms with Crippen molar-refractivity contribution in [1.29, 1.82) is 0 Å². The lowest BCUT2D eigenvalue weighted by Crippen LogP contribution is -2.28. The molecule has 0 fully saturated rings. The molecule has 5 heteroatoms. The molecule has 0 bridgehead atoms. The zero-order chi connectivity index (χ0) is 13.7. The summed E-state index contributed by atoms with van der Waals surface area (Å²) in [5.74, 6) is 0. The largest absolute Gasteiger partial charge is 0.309 e. The van der Waals surface area contributed by atoms with Crippen LogP contribution in [0.3, 0.4) is 0 Å². The molecular formula is C13H25BrN4. The highest BCUT2D eigenvalue weighted by Gasteiger charge is 2.20. The molecule has 0 aliphatic rings. The van der Waals surface area contributed by atoms with Crippen LogP contribution >= 0.6 is 15.9 Å². The molecule has 0 aromatic carbocycles. The number of hydrogen-bond donors (Lipinski definition) is 1. The fraction of sp³-hybridized carbons (Fsp3) is 0.769. The summed E-state index contributed by atoms with van der Waals surface area (Å²) in [4.78, 5) is 2.22. The van der Waals surface area contributed by atoms with Crippen LogP contribution in [-0.2, 0) is 0 Å². The van der Waals surface area contributed by atoms with E-state index < -0.39 is 0 Å². The molecular weight excluding hydrogens is 292 g/mol. The van der Waals surface area contributed by atoms with Crippen LogP contribution in [0, 0.1) is 0 Å². The molecule has 1 atom stereocenters. The predicted molar refractivity (Wildman–Crippen MR) is 79.9 cm³/mol. The molecule has 1 rings (SSSR count). The zero-order valence-electron chi connectivity index (χ0n) is 12.1. The fourth-order valence-corrected chi connectivity index (χ4v) is 2.61. The molecule has 0 radical (unpaired) electrons. The zero-order valence-corrected chi connectivity index (χ0v) is 13.7. The summed E-state index contributed by atoms with van der Waals surface area (Å²) in [5.41, 5.74) is 1.26. The second kappa shape index (κ2) is 7.26. The summed E-state index contributed by atoms with van der Waals surface area (Å²) >= 11 is 3.63. The first-order valence-electron chi connectivity index (χ1n) is 6.58. The Morgan fingerprint density at radius 1 is 1.44 bits per heavy atom. The van der Waals surface area contributed by atoms with Gasteiger partial charge in [-0.3, -0.25) is 4.68 Å². The van der Waals surface area contributed by atoms with Crippen LogP contribution in [0.2, 0.25) is 0 Å². The van der Waals surface area contributed by atoms with Gasteiger partial charge in [-0.05, 0) is 63.4 Å². The number of nitrogens with one attached hydrogen (secondary N) is 1. The summed E-state index contributed by atoms with van der Waals surface area (Å²) in [7, 11) is 4.22. The molecule has 0 amide bonds. The molecule has 18 heavy (non-hydrogen) atoms. The van der Waals surface area contributed by atoms with E-state index in [9.17, 15) is 0 Å². The van der Waals surface area contributed by atoms with E-state index in [-0.39, 0.29) is 0 Å². The molecule has 4 nitrogen and oxygen atoms in total. The summed E-state index contributed by atoms with van der Waals surface area (Å²) in [6, 6.07) is 0.725. The highest BCUT2D eigenvalue weighted by Crippen LogP contribution is 2.27. The first-order valence-corrected chi connectivity index (χ1v) is 7.37. The fourth-order valence-electron chi connectivity index (χ4n) is 2.06. The van der Waals surface area contributed by atoms with Crippen LogP contribution in [0.15, 0.2) is 10.7 Å². The van der Waals surface area contributed by atoms with Crippen LogP contribution in [-0.4, -0.2) is 41.9 Å². The molecule has 1 N–H and O–H groups in total. The summed E-state index contributed by atoms with van der Waals surface area (Å²) in [5, 5.41) is 8.02. The molecule has 0 aliphatic carbocycles. The molecule has 0 saturated heterocycles. The van der Waals surface area contributed by atoms with Crippen molar-refractivity contribution in [3.63, 3.8) is 0 Å². The summed E-state index contributed by atoms with van der Waals surface area (Å²) in [6.07, 6.45) is 2.98. The average molecular weight is 317 g/mol. The van der Waals surface area contributed by atoms with Crippen LogP contribution in [0.25, 0.3) is 0 Å². The Balaban J connectivity index is 2.93. The molecule has 0 aliphatic heterocycles. The first kappa shape index (κ1) is 15.7. The quantitative estimate of drug-likeness (QED) is 0.839. The number of halogens is 1. The van der Waals surface area contributed by atoms with Crippen molar-refractivity contribution >= 4 is 15.9 Å². The standard InChI is InChI=1S/C13H25BrN4/c1-6-15-12(7-8-17(4)5)13-11(14)9-16-18(13)10(2)3/h9-10,12,15H,6-8H2,1-5H3. The van der Waals surface area contributed by atoms with E-state index in [1.165, 1.54) is 5.69 Å². The maximum absolute atomic E-state index is 4.46. The lowest BCUT2D eigenvalue weighted by molar-refractivity contribution is 0.349. The van der Waals surface area contributed by atoms with Gasteiger partial charge in [0, 0.05) is 6.04 Å². The van der Waals surface area contributed by atoms with E-state index in [0.717, 1.165) is 24.0 Å². The summed E-state index contributed by atoms with van der Waals surface area (Å²) in [6.45, 7) is 8.50. The van der Waals surface area contributed by atoms with Gasteiger partial charge in [-0.2, -0.15) is 5.10 Å².